The quantitative estimate of drug-likeness (QED) is 0.448. The van der Waals surface area contributed by atoms with Crippen molar-refractivity contribution in [1.29, 1.82) is 0 Å². The molecule has 3 fully saturated rings. The van der Waals surface area contributed by atoms with Gasteiger partial charge in [0.15, 0.2) is 0 Å². The van der Waals surface area contributed by atoms with E-state index >= 15 is 0 Å². The fraction of sp³-hybridized carbons (Fsp3) is 0.905. The monoisotopic (exact) mass is 288 g/mol. The molecule has 0 N–H and O–H groups in total. The van der Waals surface area contributed by atoms with Gasteiger partial charge in [-0.25, -0.2) is 0 Å². The summed E-state index contributed by atoms with van der Waals surface area (Å²) in [6, 6.07) is 0. The Labute approximate surface area is 132 Å². The van der Waals surface area contributed by atoms with Gasteiger partial charge in [0.25, 0.3) is 0 Å². The zero-order chi connectivity index (χ0) is 15.6. The second-order valence-corrected chi connectivity index (χ2v) is 10.0. The lowest BCUT2D eigenvalue weighted by Crippen LogP contribution is -2.47. The van der Waals surface area contributed by atoms with Crippen molar-refractivity contribution in [3.63, 3.8) is 0 Å². The van der Waals surface area contributed by atoms with Crippen LogP contribution in [-0.2, 0) is 0 Å². The summed E-state index contributed by atoms with van der Waals surface area (Å²) in [5.41, 5.74) is 3.58. The third kappa shape index (κ3) is 2.00. The second-order valence-electron chi connectivity index (χ2n) is 10.0. The molecule has 3 saturated carbocycles. The van der Waals surface area contributed by atoms with Crippen LogP contribution in [0.5, 0.6) is 0 Å². The van der Waals surface area contributed by atoms with E-state index in [1.54, 1.807) is 5.57 Å². The Kier molecular flexibility index (Phi) is 3.44. The highest BCUT2D eigenvalue weighted by Crippen LogP contribution is 2.67. The zero-order valence-electron chi connectivity index (χ0n) is 15.4. The van der Waals surface area contributed by atoms with E-state index in [0.29, 0.717) is 16.2 Å². The minimum atomic E-state index is 0.631. The van der Waals surface area contributed by atoms with Gasteiger partial charge in [-0.3, -0.25) is 0 Å². The van der Waals surface area contributed by atoms with Crippen molar-refractivity contribution in [2.24, 2.45) is 39.9 Å². The van der Waals surface area contributed by atoms with Crippen molar-refractivity contribution < 1.29 is 0 Å². The van der Waals surface area contributed by atoms with E-state index in [4.69, 9.17) is 0 Å². The summed E-state index contributed by atoms with van der Waals surface area (Å²) >= 11 is 0. The fourth-order valence-corrected chi connectivity index (χ4v) is 6.26. The molecule has 0 nitrogen and oxygen atoms in total. The minimum absolute atomic E-state index is 0.631. The van der Waals surface area contributed by atoms with Crippen molar-refractivity contribution >= 4 is 0 Å². The van der Waals surface area contributed by atoms with Gasteiger partial charge in [0.1, 0.15) is 0 Å². The molecule has 0 amide bonds. The van der Waals surface area contributed by atoms with Gasteiger partial charge in [-0.2, -0.15) is 0 Å². The standard InChI is InChI=1S/C11H20.C10H16/c1-8-7-9-5-6-11(8,4)10(9,2)3;1-7-4-5-8-6-9(7)10(8,2)3/h8-9H,5-7H2,1-4H3;4,8-9H,5-6H2,1-3H3. The number of rotatable bonds is 0. The maximum absolute atomic E-state index is 2.50. The van der Waals surface area contributed by atoms with Gasteiger partial charge in [-0.15, -0.1) is 0 Å². The predicted molar refractivity (Wildman–Crippen MR) is 92.1 cm³/mol. The first-order valence-electron chi connectivity index (χ1n) is 9.27. The molecule has 0 radical (unpaired) electrons. The topological polar surface area (TPSA) is 0 Å². The predicted octanol–water partition coefficient (Wildman–Crippen LogP) is 6.47. The van der Waals surface area contributed by atoms with Crippen LogP contribution in [0, 0.1) is 39.9 Å². The molecule has 5 atom stereocenters. The van der Waals surface area contributed by atoms with Gasteiger partial charge in [-0.1, -0.05) is 53.2 Å². The average molecular weight is 289 g/mol. The van der Waals surface area contributed by atoms with Gasteiger partial charge in [0.05, 0.1) is 0 Å². The molecule has 0 heterocycles. The molecule has 21 heavy (non-hydrogen) atoms. The van der Waals surface area contributed by atoms with Crippen LogP contribution in [0.25, 0.3) is 0 Å². The molecule has 120 valence electrons. The van der Waals surface area contributed by atoms with E-state index in [0.717, 1.165) is 23.7 Å². The van der Waals surface area contributed by atoms with Gasteiger partial charge in [-0.05, 0) is 78.9 Å². The van der Waals surface area contributed by atoms with Crippen LogP contribution in [0.4, 0.5) is 0 Å². The third-order valence-electron chi connectivity index (χ3n) is 8.97. The van der Waals surface area contributed by atoms with Crippen molar-refractivity contribution in [1.82, 2.24) is 0 Å². The van der Waals surface area contributed by atoms with E-state index < -0.39 is 0 Å². The van der Waals surface area contributed by atoms with Crippen molar-refractivity contribution in [3.8, 4) is 0 Å². The van der Waals surface area contributed by atoms with Crippen LogP contribution in [0.3, 0.4) is 0 Å². The first-order chi connectivity index (χ1) is 9.60. The maximum atomic E-state index is 2.50. The molecule has 5 aliphatic rings. The average Bonchev–Trinajstić information content (AvgIpc) is 2.72. The van der Waals surface area contributed by atoms with E-state index in [-0.39, 0.29) is 0 Å². The van der Waals surface area contributed by atoms with Gasteiger partial charge < -0.3 is 0 Å². The molecule has 0 spiro atoms. The van der Waals surface area contributed by atoms with Crippen LogP contribution in [0.15, 0.2) is 11.6 Å². The van der Waals surface area contributed by atoms with E-state index in [1.165, 1.54) is 32.1 Å². The van der Waals surface area contributed by atoms with Crippen molar-refractivity contribution in [3.05, 3.63) is 11.6 Å². The van der Waals surface area contributed by atoms with E-state index in [1.807, 2.05) is 0 Å². The molecule has 0 aromatic heterocycles. The summed E-state index contributed by atoms with van der Waals surface area (Å²) in [6.07, 6.45) is 9.71. The highest BCUT2D eigenvalue weighted by atomic mass is 14.6. The largest absolute Gasteiger partial charge is 0.0850 e. The summed E-state index contributed by atoms with van der Waals surface area (Å²) in [5, 5.41) is 0. The Morgan fingerprint density at radius 3 is 1.90 bits per heavy atom. The Balaban J connectivity index is 0.000000126. The summed E-state index contributed by atoms with van der Waals surface area (Å²) in [6.45, 7) is 17.0. The minimum Gasteiger partial charge on any atom is -0.0850 e. The lowest BCUT2D eigenvalue weighted by Gasteiger charge is -2.56. The molecule has 0 heteroatoms. The Morgan fingerprint density at radius 2 is 1.67 bits per heavy atom. The zero-order valence-corrected chi connectivity index (χ0v) is 15.4. The van der Waals surface area contributed by atoms with Crippen LogP contribution in [0.2, 0.25) is 0 Å². The summed E-state index contributed by atoms with van der Waals surface area (Å²) in [5.74, 6) is 3.92. The number of allylic oxidation sites excluding steroid dienone is 2. The Bertz CT molecular complexity index is 453. The molecule has 0 aromatic carbocycles. The van der Waals surface area contributed by atoms with Crippen LogP contribution < -0.4 is 0 Å². The van der Waals surface area contributed by atoms with E-state index in [9.17, 15) is 0 Å². The summed E-state index contributed by atoms with van der Waals surface area (Å²) < 4.78 is 0. The molecule has 0 aromatic rings. The second kappa shape index (κ2) is 4.62. The molecule has 0 aliphatic heterocycles. The van der Waals surface area contributed by atoms with E-state index in [2.05, 4.69) is 54.5 Å². The molecular formula is C21H36. The van der Waals surface area contributed by atoms with Crippen LogP contribution in [0.1, 0.15) is 80.6 Å². The Hall–Kier alpha value is -0.260. The van der Waals surface area contributed by atoms with Gasteiger partial charge >= 0.3 is 0 Å². The summed E-state index contributed by atoms with van der Waals surface area (Å²) in [7, 11) is 0. The first-order valence-corrected chi connectivity index (χ1v) is 9.27. The van der Waals surface area contributed by atoms with Crippen LogP contribution in [-0.4, -0.2) is 0 Å². The molecule has 5 rings (SSSR count). The Morgan fingerprint density at radius 1 is 1.00 bits per heavy atom. The van der Waals surface area contributed by atoms with Gasteiger partial charge in [0, 0.05) is 0 Å². The SMILES string of the molecule is CC1=CCC2CC1C2(C)C.CC1CC2CCC1(C)C2(C)C. The third-order valence-corrected chi connectivity index (χ3v) is 8.97. The smallest absolute Gasteiger partial charge is 0.0149 e. The molecule has 0 saturated heterocycles. The van der Waals surface area contributed by atoms with Gasteiger partial charge in [0.2, 0.25) is 0 Å². The number of fused-ring (bicyclic) bond motifs is 3. The van der Waals surface area contributed by atoms with Crippen LogP contribution >= 0.6 is 0 Å². The first kappa shape index (κ1) is 15.6. The number of hydrogen-bond acceptors (Lipinski definition) is 0. The maximum Gasteiger partial charge on any atom is -0.0149 e. The van der Waals surface area contributed by atoms with Crippen molar-refractivity contribution in [2.75, 3.05) is 0 Å². The lowest BCUT2D eigenvalue weighted by atomic mass is 9.49. The normalized spacial score (nSPS) is 48.0. The lowest BCUT2D eigenvalue weighted by molar-refractivity contribution is -0.00579. The molecule has 5 unspecified atom stereocenters. The molecule has 4 bridgehead atoms. The summed E-state index contributed by atoms with van der Waals surface area (Å²) in [4.78, 5) is 0. The number of hydrogen-bond donors (Lipinski definition) is 0. The highest BCUT2D eigenvalue weighted by Gasteiger charge is 2.59. The molecular weight excluding hydrogens is 252 g/mol. The van der Waals surface area contributed by atoms with Crippen molar-refractivity contribution in [2.45, 2.75) is 80.6 Å². The fourth-order valence-electron chi connectivity index (χ4n) is 6.26. The highest BCUT2D eigenvalue weighted by molar-refractivity contribution is 5.21. The molecule has 5 aliphatic carbocycles.